The lowest BCUT2D eigenvalue weighted by Gasteiger charge is -2.48. The summed E-state index contributed by atoms with van der Waals surface area (Å²) >= 11 is 0. The summed E-state index contributed by atoms with van der Waals surface area (Å²) in [6, 6.07) is -0.0434. The molecule has 6 nitrogen and oxygen atoms in total. The molecule has 0 atom stereocenters. The predicted octanol–water partition coefficient (Wildman–Crippen LogP) is 1.18. The van der Waals surface area contributed by atoms with E-state index in [-0.39, 0.29) is 12.6 Å². The highest BCUT2D eigenvalue weighted by molar-refractivity contribution is 5.76. The van der Waals surface area contributed by atoms with Gasteiger partial charge in [-0.05, 0) is 13.3 Å². The van der Waals surface area contributed by atoms with Crippen LogP contribution in [-0.2, 0) is 9.53 Å². The van der Waals surface area contributed by atoms with Crippen LogP contribution in [0.5, 0.6) is 0 Å². The minimum atomic E-state index is -0.995. The number of carboxylic acid groups (broad SMARTS) is 1. The van der Waals surface area contributed by atoms with Crippen LogP contribution in [0.4, 0.5) is 4.79 Å². The summed E-state index contributed by atoms with van der Waals surface area (Å²) in [5.41, 5.74) is -0.542. The average molecular weight is 270 g/mol. The van der Waals surface area contributed by atoms with Crippen LogP contribution >= 0.6 is 0 Å². The van der Waals surface area contributed by atoms with Gasteiger partial charge in [0.05, 0.1) is 13.1 Å². The third kappa shape index (κ3) is 4.24. The fourth-order valence-electron chi connectivity index (χ4n) is 2.11. The second-order valence-electron chi connectivity index (χ2n) is 5.01. The second-order valence-corrected chi connectivity index (χ2v) is 5.01. The first-order valence-corrected chi connectivity index (χ1v) is 6.42. The van der Waals surface area contributed by atoms with Crippen molar-refractivity contribution in [3.05, 3.63) is 12.7 Å². The van der Waals surface area contributed by atoms with Crippen molar-refractivity contribution < 1.29 is 19.4 Å². The number of carbonyl (C=O) groups excluding carboxylic acids is 1. The zero-order valence-corrected chi connectivity index (χ0v) is 11.6. The van der Waals surface area contributed by atoms with Crippen LogP contribution < -0.4 is 0 Å². The van der Waals surface area contributed by atoms with Crippen molar-refractivity contribution in [3.8, 4) is 0 Å². The number of hydrogen-bond donors (Lipinski definition) is 1. The van der Waals surface area contributed by atoms with Gasteiger partial charge in [0.2, 0.25) is 0 Å². The molecule has 0 aliphatic carbocycles. The van der Waals surface area contributed by atoms with E-state index in [0.29, 0.717) is 26.2 Å². The molecule has 108 valence electrons. The zero-order valence-electron chi connectivity index (χ0n) is 11.6. The Balaban J connectivity index is 2.45. The van der Waals surface area contributed by atoms with Gasteiger partial charge >= 0.3 is 12.0 Å². The fourth-order valence-corrected chi connectivity index (χ4v) is 2.11. The van der Waals surface area contributed by atoms with E-state index in [1.807, 2.05) is 13.8 Å². The lowest BCUT2D eigenvalue weighted by Crippen LogP contribution is -2.65. The number of amides is 2. The highest BCUT2D eigenvalue weighted by Crippen LogP contribution is 2.25. The standard InChI is InChI=1S/C13H22N2O4/c1-4-6-14(7-5-2)12(18)15-9-13(3,10-15)19-8-11(16)17/h4H,1,5-10H2,2-3H3,(H,16,17). The molecule has 1 aliphatic rings. The van der Waals surface area contributed by atoms with Crippen molar-refractivity contribution in [2.24, 2.45) is 0 Å². The number of nitrogens with zero attached hydrogens (tertiary/aromatic N) is 2. The summed E-state index contributed by atoms with van der Waals surface area (Å²) < 4.78 is 5.27. The number of rotatable bonds is 7. The molecule has 0 saturated carbocycles. The highest BCUT2D eigenvalue weighted by atomic mass is 16.5. The summed E-state index contributed by atoms with van der Waals surface area (Å²) in [6.07, 6.45) is 2.59. The first-order chi connectivity index (χ1) is 8.91. The van der Waals surface area contributed by atoms with Crippen LogP contribution in [0, 0.1) is 0 Å². The van der Waals surface area contributed by atoms with E-state index in [2.05, 4.69) is 6.58 Å². The monoisotopic (exact) mass is 270 g/mol. The molecule has 1 rings (SSSR count). The van der Waals surface area contributed by atoms with Crippen LogP contribution in [0.25, 0.3) is 0 Å². The Kier molecular flexibility index (Phi) is 5.35. The molecule has 19 heavy (non-hydrogen) atoms. The fraction of sp³-hybridized carbons (Fsp3) is 0.692. The van der Waals surface area contributed by atoms with E-state index in [1.165, 1.54) is 0 Å². The molecule has 0 unspecified atom stereocenters. The molecule has 1 heterocycles. The normalized spacial score (nSPS) is 16.6. The molecule has 6 heteroatoms. The van der Waals surface area contributed by atoms with E-state index in [4.69, 9.17) is 9.84 Å². The van der Waals surface area contributed by atoms with Crippen LogP contribution in [0.15, 0.2) is 12.7 Å². The van der Waals surface area contributed by atoms with Crippen LogP contribution in [0.1, 0.15) is 20.3 Å². The molecule has 0 aromatic heterocycles. The number of carboxylic acids is 1. The van der Waals surface area contributed by atoms with Crippen LogP contribution in [0.2, 0.25) is 0 Å². The van der Waals surface area contributed by atoms with Crippen LogP contribution in [0.3, 0.4) is 0 Å². The van der Waals surface area contributed by atoms with Crippen molar-refractivity contribution in [1.29, 1.82) is 0 Å². The Bertz CT molecular complexity index is 351. The third-order valence-electron chi connectivity index (χ3n) is 2.98. The number of aliphatic carboxylic acids is 1. The van der Waals surface area contributed by atoms with Gasteiger partial charge in [0.1, 0.15) is 12.2 Å². The number of urea groups is 1. The summed E-state index contributed by atoms with van der Waals surface area (Å²) in [5, 5.41) is 8.57. The molecule has 1 saturated heterocycles. The summed E-state index contributed by atoms with van der Waals surface area (Å²) in [6.45, 7) is 9.21. The summed E-state index contributed by atoms with van der Waals surface area (Å²) in [7, 11) is 0. The number of carbonyl (C=O) groups is 2. The van der Waals surface area contributed by atoms with Gasteiger partial charge < -0.3 is 19.6 Å². The van der Waals surface area contributed by atoms with E-state index in [9.17, 15) is 9.59 Å². The van der Waals surface area contributed by atoms with Gasteiger partial charge in [0.25, 0.3) is 0 Å². The van der Waals surface area contributed by atoms with Gasteiger partial charge in [-0.3, -0.25) is 0 Å². The minimum absolute atomic E-state index is 0.0434. The Labute approximate surface area is 113 Å². The lowest BCUT2D eigenvalue weighted by atomic mass is 9.97. The van der Waals surface area contributed by atoms with Crippen molar-refractivity contribution in [3.63, 3.8) is 0 Å². The molecule has 0 aromatic carbocycles. The largest absolute Gasteiger partial charge is 0.480 e. The molecule has 1 N–H and O–H groups in total. The van der Waals surface area contributed by atoms with Gasteiger partial charge in [-0.15, -0.1) is 6.58 Å². The molecule has 0 aromatic rings. The summed E-state index contributed by atoms with van der Waals surface area (Å²) in [5.74, 6) is -0.995. The second kappa shape index (κ2) is 6.56. The Morgan fingerprint density at radius 2 is 2.16 bits per heavy atom. The number of ether oxygens (including phenoxy) is 1. The van der Waals surface area contributed by atoms with Gasteiger partial charge in [0, 0.05) is 13.1 Å². The predicted molar refractivity (Wildman–Crippen MR) is 71.0 cm³/mol. The topological polar surface area (TPSA) is 70.1 Å². The maximum absolute atomic E-state index is 12.2. The maximum atomic E-state index is 12.2. The Hall–Kier alpha value is -1.56. The van der Waals surface area contributed by atoms with Gasteiger partial charge in [0.15, 0.2) is 0 Å². The molecular formula is C13H22N2O4. The first kappa shape index (κ1) is 15.5. The average Bonchev–Trinajstić information content (AvgIpc) is 2.32. The minimum Gasteiger partial charge on any atom is -0.480 e. The number of likely N-dealkylation sites (tertiary alicyclic amines) is 1. The van der Waals surface area contributed by atoms with Crippen LogP contribution in [-0.4, -0.2) is 65.3 Å². The van der Waals surface area contributed by atoms with E-state index in [1.54, 1.807) is 15.9 Å². The smallest absolute Gasteiger partial charge is 0.329 e. The SMILES string of the molecule is C=CCN(CCC)C(=O)N1CC(C)(OCC(=O)O)C1. The van der Waals surface area contributed by atoms with E-state index < -0.39 is 11.6 Å². The molecule has 1 fully saturated rings. The highest BCUT2D eigenvalue weighted by Gasteiger charge is 2.43. The van der Waals surface area contributed by atoms with E-state index >= 15 is 0 Å². The molecular weight excluding hydrogens is 248 g/mol. The van der Waals surface area contributed by atoms with Crippen molar-refractivity contribution in [2.75, 3.05) is 32.8 Å². The van der Waals surface area contributed by atoms with Crippen molar-refractivity contribution >= 4 is 12.0 Å². The summed E-state index contributed by atoms with van der Waals surface area (Å²) in [4.78, 5) is 26.0. The van der Waals surface area contributed by atoms with Crippen molar-refractivity contribution in [2.45, 2.75) is 25.9 Å². The Morgan fingerprint density at radius 3 is 2.63 bits per heavy atom. The van der Waals surface area contributed by atoms with Crippen molar-refractivity contribution in [1.82, 2.24) is 9.80 Å². The lowest BCUT2D eigenvalue weighted by molar-refractivity contribution is -0.160. The van der Waals surface area contributed by atoms with E-state index in [0.717, 1.165) is 6.42 Å². The zero-order chi connectivity index (χ0) is 14.5. The third-order valence-corrected chi connectivity index (χ3v) is 2.98. The molecule has 1 aliphatic heterocycles. The first-order valence-electron chi connectivity index (χ1n) is 6.42. The molecule has 0 bridgehead atoms. The van der Waals surface area contributed by atoms with Gasteiger partial charge in [-0.25, -0.2) is 9.59 Å². The Morgan fingerprint density at radius 1 is 1.53 bits per heavy atom. The molecule has 0 radical (unpaired) electrons. The molecule has 2 amide bonds. The quantitative estimate of drug-likeness (QED) is 0.705. The maximum Gasteiger partial charge on any atom is 0.329 e. The number of hydrogen-bond acceptors (Lipinski definition) is 3. The van der Waals surface area contributed by atoms with Gasteiger partial charge in [-0.1, -0.05) is 13.0 Å². The molecule has 0 spiro atoms. The van der Waals surface area contributed by atoms with Gasteiger partial charge in [-0.2, -0.15) is 0 Å².